The molecule has 0 saturated heterocycles. The minimum absolute atomic E-state index is 0.00974. The van der Waals surface area contributed by atoms with Crippen LogP contribution in [-0.4, -0.2) is 33.3 Å². The molecule has 1 unspecified atom stereocenters. The summed E-state index contributed by atoms with van der Waals surface area (Å²) >= 11 is 0. The SMILES string of the molecule is COC(=O)C(C)S(=O)(=O)N(CCC#N)c1ccccc1. The van der Waals surface area contributed by atoms with E-state index in [4.69, 9.17) is 5.26 Å². The third-order valence-corrected chi connectivity index (χ3v) is 4.85. The Kier molecular flexibility index (Phi) is 5.53. The number of esters is 1. The first-order chi connectivity index (χ1) is 9.45. The van der Waals surface area contributed by atoms with Crippen LogP contribution in [0.25, 0.3) is 0 Å². The number of nitrogens with zero attached hydrogens (tertiary/aromatic N) is 2. The van der Waals surface area contributed by atoms with E-state index >= 15 is 0 Å². The van der Waals surface area contributed by atoms with Gasteiger partial charge in [0.1, 0.15) is 0 Å². The summed E-state index contributed by atoms with van der Waals surface area (Å²) in [4.78, 5) is 11.5. The zero-order valence-electron chi connectivity index (χ0n) is 11.3. The summed E-state index contributed by atoms with van der Waals surface area (Å²) in [6.45, 7) is 1.26. The zero-order chi connectivity index (χ0) is 15.2. The second-order valence-electron chi connectivity index (χ2n) is 4.03. The molecule has 0 saturated carbocycles. The van der Waals surface area contributed by atoms with Gasteiger partial charge in [0.05, 0.1) is 25.3 Å². The van der Waals surface area contributed by atoms with Crippen LogP contribution in [0.2, 0.25) is 0 Å². The topological polar surface area (TPSA) is 87.5 Å². The summed E-state index contributed by atoms with van der Waals surface area (Å²) in [6, 6.07) is 10.2. The fourth-order valence-electron chi connectivity index (χ4n) is 1.63. The average molecular weight is 296 g/mol. The van der Waals surface area contributed by atoms with Crippen molar-refractivity contribution in [1.29, 1.82) is 5.26 Å². The molecule has 7 heteroatoms. The van der Waals surface area contributed by atoms with E-state index in [2.05, 4.69) is 4.74 Å². The van der Waals surface area contributed by atoms with Gasteiger partial charge in [0.15, 0.2) is 5.25 Å². The first-order valence-electron chi connectivity index (χ1n) is 5.96. The highest BCUT2D eigenvalue weighted by atomic mass is 32.2. The summed E-state index contributed by atoms with van der Waals surface area (Å²) in [5, 5.41) is 7.33. The lowest BCUT2D eigenvalue weighted by Crippen LogP contribution is -2.42. The lowest BCUT2D eigenvalue weighted by Gasteiger charge is -2.25. The van der Waals surface area contributed by atoms with Crippen LogP contribution >= 0.6 is 0 Å². The first kappa shape index (κ1) is 16.0. The minimum atomic E-state index is -3.93. The van der Waals surface area contributed by atoms with Crippen LogP contribution in [0.15, 0.2) is 30.3 Å². The maximum absolute atomic E-state index is 12.5. The normalized spacial score (nSPS) is 12.2. The Morgan fingerprint density at radius 2 is 2.00 bits per heavy atom. The smallest absolute Gasteiger partial charge is 0.325 e. The van der Waals surface area contributed by atoms with Crippen LogP contribution in [0.5, 0.6) is 0 Å². The monoisotopic (exact) mass is 296 g/mol. The molecule has 1 rings (SSSR count). The molecule has 108 valence electrons. The molecule has 0 bridgehead atoms. The highest BCUT2D eigenvalue weighted by Gasteiger charge is 2.34. The van der Waals surface area contributed by atoms with Gasteiger partial charge in [-0.2, -0.15) is 5.26 Å². The average Bonchev–Trinajstić information content (AvgIpc) is 2.46. The van der Waals surface area contributed by atoms with Crippen LogP contribution in [0.3, 0.4) is 0 Å². The largest absolute Gasteiger partial charge is 0.468 e. The third kappa shape index (κ3) is 3.48. The van der Waals surface area contributed by atoms with Gasteiger partial charge >= 0.3 is 5.97 Å². The Bertz CT molecular complexity index is 593. The predicted molar refractivity (Wildman–Crippen MR) is 74.4 cm³/mol. The number of sulfonamides is 1. The van der Waals surface area contributed by atoms with Crippen molar-refractivity contribution < 1.29 is 17.9 Å². The van der Waals surface area contributed by atoms with Crippen molar-refractivity contribution in [2.75, 3.05) is 18.0 Å². The van der Waals surface area contributed by atoms with Gasteiger partial charge in [-0.3, -0.25) is 9.10 Å². The second kappa shape index (κ2) is 6.91. The van der Waals surface area contributed by atoms with Crippen molar-refractivity contribution in [2.45, 2.75) is 18.6 Å². The van der Waals surface area contributed by atoms with Crippen LogP contribution in [0, 0.1) is 11.3 Å². The van der Waals surface area contributed by atoms with Gasteiger partial charge in [-0.25, -0.2) is 8.42 Å². The first-order valence-corrected chi connectivity index (χ1v) is 7.47. The summed E-state index contributed by atoms with van der Waals surface area (Å²) in [6.07, 6.45) is 0.0298. The molecule has 0 N–H and O–H groups in total. The molecule has 0 aliphatic carbocycles. The van der Waals surface area contributed by atoms with Crippen molar-refractivity contribution in [2.24, 2.45) is 0 Å². The predicted octanol–water partition coefficient (Wildman–Crippen LogP) is 1.30. The zero-order valence-corrected chi connectivity index (χ0v) is 12.1. The van der Waals surface area contributed by atoms with E-state index in [1.165, 1.54) is 6.92 Å². The van der Waals surface area contributed by atoms with Crippen molar-refractivity contribution in [3.05, 3.63) is 30.3 Å². The number of anilines is 1. The summed E-state index contributed by atoms with van der Waals surface area (Å²) in [5.74, 6) is -0.831. The van der Waals surface area contributed by atoms with E-state index in [1.807, 2.05) is 6.07 Å². The molecule has 0 fully saturated rings. The fourth-order valence-corrected chi connectivity index (χ4v) is 3.11. The second-order valence-corrected chi connectivity index (χ2v) is 6.20. The molecule has 0 amide bonds. The number of methoxy groups -OCH3 is 1. The highest BCUT2D eigenvalue weighted by molar-refractivity contribution is 7.94. The summed E-state index contributed by atoms with van der Waals surface area (Å²) in [7, 11) is -2.79. The molecule has 0 aliphatic heterocycles. The molecule has 6 nitrogen and oxygen atoms in total. The number of benzene rings is 1. The molecule has 1 aromatic carbocycles. The molecule has 0 radical (unpaired) electrons. The molecular weight excluding hydrogens is 280 g/mol. The number of carbonyl (C=O) groups excluding carboxylic acids is 1. The Morgan fingerprint density at radius 3 is 2.50 bits per heavy atom. The lowest BCUT2D eigenvalue weighted by molar-refractivity contribution is -0.139. The molecule has 0 aromatic heterocycles. The fraction of sp³-hybridized carbons (Fsp3) is 0.385. The van der Waals surface area contributed by atoms with E-state index in [0.29, 0.717) is 5.69 Å². The van der Waals surface area contributed by atoms with E-state index < -0.39 is 21.2 Å². The highest BCUT2D eigenvalue weighted by Crippen LogP contribution is 2.21. The molecule has 1 atom stereocenters. The number of hydrogen-bond donors (Lipinski definition) is 0. The van der Waals surface area contributed by atoms with Gasteiger partial charge in [0, 0.05) is 6.54 Å². The number of hydrogen-bond acceptors (Lipinski definition) is 5. The summed E-state index contributed by atoms with van der Waals surface area (Å²) in [5.41, 5.74) is 0.415. The molecule has 20 heavy (non-hydrogen) atoms. The number of ether oxygens (including phenoxy) is 1. The molecule has 0 aliphatic rings. The van der Waals surface area contributed by atoms with Crippen LogP contribution in [-0.2, 0) is 19.6 Å². The standard InChI is InChI=1S/C13H16N2O4S/c1-11(13(16)19-2)20(17,18)15(10-6-9-14)12-7-4-3-5-8-12/h3-5,7-8,11H,6,10H2,1-2H3. The van der Waals surface area contributed by atoms with E-state index in [1.54, 1.807) is 30.3 Å². The number of nitriles is 1. The van der Waals surface area contributed by atoms with Crippen LogP contribution in [0.1, 0.15) is 13.3 Å². The van der Waals surface area contributed by atoms with Gasteiger partial charge in [-0.1, -0.05) is 18.2 Å². The lowest BCUT2D eigenvalue weighted by atomic mass is 10.3. The molecule has 0 spiro atoms. The minimum Gasteiger partial charge on any atom is -0.468 e. The quantitative estimate of drug-likeness (QED) is 0.738. The van der Waals surface area contributed by atoms with Gasteiger partial charge in [-0.05, 0) is 19.1 Å². The van der Waals surface area contributed by atoms with Crippen molar-refractivity contribution in [3.8, 4) is 6.07 Å². The Morgan fingerprint density at radius 1 is 1.40 bits per heavy atom. The van der Waals surface area contributed by atoms with E-state index in [-0.39, 0.29) is 13.0 Å². The van der Waals surface area contributed by atoms with Gasteiger partial charge in [0.2, 0.25) is 10.0 Å². The Hall–Kier alpha value is -2.07. The van der Waals surface area contributed by atoms with E-state index in [9.17, 15) is 13.2 Å². The Balaban J connectivity index is 3.17. The van der Waals surface area contributed by atoms with Crippen molar-refractivity contribution in [3.63, 3.8) is 0 Å². The third-order valence-electron chi connectivity index (χ3n) is 2.76. The van der Waals surface area contributed by atoms with E-state index in [0.717, 1.165) is 11.4 Å². The number of rotatable bonds is 6. The summed E-state index contributed by atoms with van der Waals surface area (Å²) < 4.78 is 30.5. The molecule has 1 aromatic rings. The maximum Gasteiger partial charge on any atom is 0.325 e. The molecular formula is C13H16N2O4S. The number of para-hydroxylation sites is 1. The van der Waals surface area contributed by atoms with Crippen LogP contribution in [0.4, 0.5) is 5.69 Å². The van der Waals surface area contributed by atoms with Crippen molar-refractivity contribution >= 4 is 21.7 Å². The van der Waals surface area contributed by atoms with Gasteiger partial charge in [-0.15, -0.1) is 0 Å². The Labute approximate surface area is 118 Å². The van der Waals surface area contributed by atoms with Crippen molar-refractivity contribution in [1.82, 2.24) is 0 Å². The van der Waals surface area contributed by atoms with Gasteiger partial charge < -0.3 is 4.74 Å². The van der Waals surface area contributed by atoms with Crippen LogP contribution < -0.4 is 4.31 Å². The molecule has 0 heterocycles. The van der Waals surface area contributed by atoms with Gasteiger partial charge in [0.25, 0.3) is 0 Å². The maximum atomic E-state index is 12.5. The number of carbonyl (C=O) groups is 1.